The number of anilines is 1. The molecule has 1 amide bonds. The first-order chi connectivity index (χ1) is 11.2. The van der Waals surface area contributed by atoms with Gasteiger partial charge in [-0.25, -0.2) is 4.79 Å². The van der Waals surface area contributed by atoms with E-state index in [2.05, 4.69) is 6.07 Å². The van der Waals surface area contributed by atoms with Crippen LogP contribution < -0.4 is 4.90 Å². The zero-order chi connectivity index (χ0) is 18.0. The molecule has 1 aliphatic rings. The molecule has 1 heterocycles. The van der Waals surface area contributed by atoms with Gasteiger partial charge in [0.15, 0.2) is 6.61 Å². The summed E-state index contributed by atoms with van der Waals surface area (Å²) < 4.78 is 9.90. The monoisotopic (exact) mass is 333 g/mol. The maximum absolute atomic E-state index is 12.7. The molecule has 0 radical (unpaired) electrons. The highest BCUT2D eigenvalue weighted by Gasteiger charge is 2.38. The minimum atomic E-state index is -0.688. The van der Waals surface area contributed by atoms with E-state index >= 15 is 0 Å². The van der Waals surface area contributed by atoms with E-state index < -0.39 is 30.5 Å². The Balaban J connectivity index is 2.52. The molecule has 0 N–H and O–H groups in total. The Labute approximate surface area is 141 Å². The van der Waals surface area contributed by atoms with E-state index in [1.807, 2.05) is 27.7 Å². The summed E-state index contributed by atoms with van der Waals surface area (Å²) in [7, 11) is 0. The van der Waals surface area contributed by atoms with Crippen LogP contribution in [-0.2, 0) is 23.9 Å². The van der Waals surface area contributed by atoms with E-state index in [1.54, 1.807) is 0 Å². The average molecular weight is 333 g/mol. The summed E-state index contributed by atoms with van der Waals surface area (Å²) in [6.45, 7) is 8.90. The first kappa shape index (κ1) is 18.0. The van der Waals surface area contributed by atoms with Crippen LogP contribution in [0.25, 0.3) is 0 Å². The molecule has 1 aromatic rings. The van der Waals surface area contributed by atoms with Crippen molar-refractivity contribution in [2.24, 2.45) is 0 Å². The third-order valence-corrected chi connectivity index (χ3v) is 4.45. The van der Waals surface area contributed by atoms with Gasteiger partial charge in [0.2, 0.25) is 0 Å². The van der Waals surface area contributed by atoms with Crippen molar-refractivity contribution in [3.05, 3.63) is 28.3 Å². The highest BCUT2D eigenvalue weighted by molar-refractivity contribution is 6.02. The molecule has 0 aliphatic carbocycles. The number of carbonyl (C=O) groups is 3. The molecule has 1 aromatic carbocycles. The molecule has 130 valence electrons. The standard InChI is InChI=1S/C18H23NO5/c1-10-8-11(2)13(4)17(12(10)3)19(15-6-7-23-18(15)22)16(21)9-24-14(5)20/h8,15H,6-7,9H2,1-5H3. The predicted molar refractivity (Wildman–Crippen MR) is 88.9 cm³/mol. The number of carbonyl (C=O) groups excluding carboxylic acids is 3. The van der Waals surface area contributed by atoms with Crippen molar-refractivity contribution in [2.75, 3.05) is 18.1 Å². The van der Waals surface area contributed by atoms with E-state index in [1.165, 1.54) is 11.8 Å². The number of hydrogen-bond donors (Lipinski definition) is 0. The third kappa shape index (κ3) is 3.42. The number of amides is 1. The Morgan fingerprint density at radius 2 is 1.79 bits per heavy atom. The van der Waals surface area contributed by atoms with Crippen molar-refractivity contribution < 1.29 is 23.9 Å². The van der Waals surface area contributed by atoms with Crippen LogP contribution in [-0.4, -0.2) is 37.1 Å². The van der Waals surface area contributed by atoms with Crippen molar-refractivity contribution in [1.29, 1.82) is 0 Å². The molecule has 1 saturated heterocycles. The second kappa shape index (κ2) is 7.03. The topological polar surface area (TPSA) is 72.9 Å². The van der Waals surface area contributed by atoms with Gasteiger partial charge in [-0.1, -0.05) is 6.07 Å². The summed E-state index contributed by atoms with van der Waals surface area (Å²) in [4.78, 5) is 37.3. The van der Waals surface area contributed by atoms with Gasteiger partial charge < -0.3 is 9.47 Å². The molecule has 0 bridgehead atoms. The van der Waals surface area contributed by atoms with E-state index in [9.17, 15) is 14.4 Å². The van der Waals surface area contributed by atoms with E-state index in [0.29, 0.717) is 12.1 Å². The first-order valence-corrected chi connectivity index (χ1v) is 7.93. The molecule has 1 unspecified atom stereocenters. The lowest BCUT2D eigenvalue weighted by Gasteiger charge is -2.30. The van der Waals surface area contributed by atoms with Gasteiger partial charge in [-0.3, -0.25) is 14.5 Å². The highest BCUT2D eigenvalue weighted by atomic mass is 16.5. The number of aryl methyl sites for hydroxylation is 2. The maximum Gasteiger partial charge on any atom is 0.329 e. The minimum Gasteiger partial charge on any atom is -0.464 e. The van der Waals surface area contributed by atoms with E-state index in [4.69, 9.17) is 9.47 Å². The fourth-order valence-electron chi connectivity index (χ4n) is 2.96. The van der Waals surface area contributed by atoms with Crippen LogP contribution in [0.1, 0.15) is 35.6 Å². The Morgan fingerprint density at radius 1 is 1.21 bits per heavy atom. The zero-order valence-corrected chi connectivity index (χ0v) is 14.8. The maximum atomic E-state index is 12.7. The van der Waals surface area contributed by atoms with Crippen molar-refractivity contribution in [3.63, 3.8) is 0 Å². The van der Waals surface area contributed by atoms with Crippen LogP contribution in [0.5, 0.6) is 0 Å². The Hall–Kier alpha value is -2.37. The summed E-state index contributed by atoms with van der Waals surface area (Å²) >= 11 is 0. The second-order valence-corrected chi connectivity index (χ2v) is 6.12. The molecule has 0 aromatic heterocycles. The normalized spacial score (nSPS) is 16.7. The smallest absolute Gasteiger partial charge is 0.329 e. The number of esters is 2. The van der Waals surface area contributed by atoms with Crippen LogP contribution >= 0.6 is 0 Å². The lowest BCUT2D eigenvalue weighted by Crippen LogP contribution is -2.46. The second-order valence-electron chi connectivity index (χ2n) is 6.12. The zero-order valence-electron chi connectivity index (χ0n) is 14.8. The number of hydrogen-bond acceptors (Lipinski definition) is 5. The lowest BCUT2D eigenvalue weighted by molar-refractivity contribution is -0.146. The predicted octanol–water partition coefficient (Wildman–Crippen LogP) is 2.13. The number of nitrogens with zero attached hydrogens (tertiary/aromatic N) is 1. The van der Waals surface area contributed by atoms with Gasteiger partial charge in [-0.15, -0.1) is 0 Å². The number of rotatable bonds is 4. The van der Waals surface area contributed by atoms with Crippen LogP contribution in [0.3, 0.4) is 0 Å². The highest BCUT2D eigenvalue weighted by Crippen LogP contribution is 2.33. The van der Waals surface area contributed by atoms with Crippen molar-refractivity contribution >= 4 is 23.5 Å². The van der Waals surface area contributed by atoms with E-state index in [0.717, 1.165) is 22.3 Å². The van der Waals surface area contributed by atoms with Gasteiger partial charge >= 0.3 is 11.9 Å². The van der Waals surface area contributed by atoms with Crippen molar-refractivity contribution in [1.82, 2.24) is 0 Å². The molecule has 24 heavy (non-hydrogen) atoms. The molecular formula is C18H23NO5. The van der Waals surface area contributed by atoms with E-state index in [-0.39, 0.29) is 6.61 Å². The molecule has 6 nitrogen and oxygen atoms in total. The molecule has 0 spiro atoms. The first-order valence-electron chi connectivity index (χ1n) is 7.93. The summed E-state index contributed by atoms with van der Waals surface area (Å²) in [5.41, 5.74) is 4.62. The number of cyclic esters (lactones) is 1. The molecule has 0 saturated carbocycles. The quantitative estimate of drug-likeness (QED) is 0.789. The average Bonchev–Trinajstić information content (AvgIpc) is 2.93. The Bertz CT molecular complexity index is 669. The third-order valence-electron chi connectivity index (χ3n) is 4.45. The SMILES string of the molecule is CC(=O)OCC(=O)N(c1c(C)c(C)cc(C)c1C)C1CCOC1=O. The van der Waals surface area contributed by atoms with Gasteiger partial charge in [-0.2, -0.15) is 0 Å². The molecule has 1 atom stereocenters. The van der Waals surface area contributed by atoms with Crippen molar-refractivity contribution in [2.45, 2.75) is 47.1 Å². The van der Waals surface area contributed by atoms with Crippen molar-refractivity contribution in [3.8, 4) is 0 Å². The summed E-state index contributed by atoms with van der Waals surface area (Å²) in [6, 6.07) is 1.36. The van der Waals surface area contributed by atoms with Crippen LogP contribution in [0.4, 0.5) is 5.69 Å². The van der Waals surface area contributed by atoms with Gasteiger partial charge in [0.1, 0.15) is 6.04 Å². The van der Waals surface area contributed by atoms with Gasteiger partial charge in [0.05, 0.1) is 12.3 Å². The van der Waals surface area contributed by atoms with Crippen LogP contribution in [0.15, 0.2) is 6.07 Å². The minimum absolute atomic E-state index is 0.281. The van der Waals surface area contributed by atoms with Gasteiger partial charge in [0.25, 0.3) is 5.91 Å². The molecule has 2 rings (SSSR count). The summed E-state index contributed by atoms with van der Waals surface area (Å²) in [5, 5.41) is 0. The molecule has 6 heteroatoms. The molecule has 1 aliphatic heterocycles. The summed E-state index contributed by atoms with van der Waals surface area (Å²) in [5.74, 6) is -1.39. The molecule has 1 fully saturated rings. The number of benzene rings is 1. The number of ether oxygens (including phenoxy) is 2. The van der Waals surface area contributed by atoms with Crippen LogP contribution in [0, 0.1) is 27.7 Å². The van der Waals surface area contributed by atoms with Gasteiger partial charge in [-0.05, 0) is 49.9 Å². The molecular weight excluding hydrogens is 310 g/mol. The fraction of sp³-hybridized carbons (Fsp3) is 0.500. The Morgan fingerprint density at radius 3 is 2.25 bits per heavy atom. The lowest BCUT2D eigenvalue weighted by atomic mass is 9.96. The largest absolute Gasteiger partial charge is 0.464 e. The summed E-state index contributed by atoms with van der Waals surface area (Å²) in [6.07, 6.45) is 0.427. The Kier molecular flexibility index (Phi) is 5.26. The van der Waals surface area contributed by atoms with Crippen LogP contribution in [0.2, 0.25) is 0 Å². The fourth-order valence-corrected chi connectivity index (χ4v) is 2.96. The van der Waals surface area contributed by atoms with Gasteiger partial charge in [0, 0.05) is 13.3 Å².